The first-order chi connectivity index (χ1) is 11.5. The highest BCUT2D eigenvalue weighted by atomic mass is 35.5. The van der Waals surface area contributed by atoms with Gasteiger partial charge in [-0.2, -0.15) is 5.10 Å². The number of rotatable bonds is 4. The summed E-state index contributed by atoms with van der Waals surface area (Å²) in [6, 6.07) is 8.75. The molecule has 0 aliphatic rings. The van der Waals surface area contributed by atoms with Crippen molar-refractivity contribution < 1.29 is 4.42 Å². The van der Waals surface area contributed by atoms with E-state index in [0.29, 0.717) is 21.6 Å². The highest BCUT2D eigenvalue weighted by Crippen LogP contribution is 2.29. The quantitative estimate of drug-likeness (QED) is 0.546. The summed E-state index contributed by atoms with van der Waals surface area (Å²) in [5, 5.41) is 12.3. The smallest absolute Gasteiger partial charge is 0.274 e. The third kappa shape index (κ3) is 3.64. The highest BCUT2D eigenvalue weighted by Gasteiger charge is 2.06. The number of furan rings is 1. The highest BCUT2D eigenvalue weighted by molar-refractivity contribution is 6.42. The molecule has 9 heteroatoms. The van der Waals surface area contributed by atoms with Gasteiger partial charge in [0.15, 0.2) is 0 Å². The van der Waals surface area contributed by atoms with E-state index in [1.54, 1.807) is 37.3 Å². The van der Waals surface area contributed by atoms with Crippen LogP contribution in [0, 0.1) is 6.92 Å². The van der Waals surface area contributed by atoms with E-state index in [-0.39, 0.29) is 17.2 Å². The molecule has 0 saturated heterocycles. The van der Waals surface area contributed by atoms with E-state index in [9.17, 15) is 4.79 Å². The van der Waals surface area contributed by atoms with Crippen LogP contribution in [0.2, 0.25) is 10.0 Å². The first-order valence-electron chi connectivity index (χ1n) is 6.81. The molecule has 2 heterocycles. The molecule has 0 unspecified atom stereocenters. The molecule has 0 radical (unpaired) electrons. The average Bonchev–Trinajstić information content (AvgIpc) is 3.02. The van der Waals surface area contributed by atoms with E-state index in [1.165, 1.54) is 6.21 Å². The lowest BCUT2D eigenvalue weighted by atomic mass is 10.2. The van der Waals surface area contributed by atoms with Gasteiger partial charge in [0.05, 0.1) is 16.3 Å². The Morgan fingerprint density at radius 1 is 1.21 bits per heavy atom. The summed E-state index contributed by atoms with van der Waals surface area (Å²) in [6.07, 6.45) is 1.45. The van der Waals surface area contributed by atoms with Crippen LogP contribution in [0.1, 0.15) is 11.5 Å². The first kappa shape index (κ1) is 16.2. The number of nitrogens with one attached hydrogen (secondary N) is 2. The van der Waals surface area contributed by atoms with Gasteiger partial charge in [-0.25, -0.2) is 5.43 Å². The molecule has 122 valence electrons. The molecule has 0 amide bonds. The normalized spacial score (nSPS) is 11.1. The van der Waals surface area contributed by atoms with Crippen LogP contribution in [0.15, 0.2) is 44.6 Å². The zero-order valence-corrected chi connectivity index (χ0v) is 13.9. The molecule has 2 aromatic heterocycles. The van der Waals surface area contributed by atoms with Crippen LogP contribution >= 0.6 is 23.2 Å². The summed E-state index contributed by atoms with van der Waals surface area (Å²) in [4.78, 5) is 13.9. The maximum Gasteiger partial charge on any atom is 0.274 e. The number of aryl methyl sites for hydroxylation is 1. The van der Waals surface area contributed by atoms with Crippen molar-refractivity contribution in [2.24, 2.45) is 5.10 Å². The lowest BCUT2D eigenvalue weighted by Gasteiger charge is -1.99. The fourth-order valence-corrected chi connectivity index (χ4v) is 2.13. The number of H-pyrrole nitrogens is 1. The Kier molecular flexibility index (Phi) is 4.64. The van der Waals surface area contributed by atoms with Gasteiger partial charge in [-0.15, -0.1) is 10.2 Å². The Morgan fingerprint density at radius 3 is 2.79 bits per heavy atom. The van der Waals surface area contributed by atoms with Crippen LogP contribution in [0.25, 0.3) is 11.3 Å². The fourth-order valence-electron chi connectivity index (χ4n) is 1.83. The number of hydrogen-bond acceptors (Lipinski definition) is 6. The minimum absolute atomic E-state index is 0.137. The van der Waals surface area contributed by atoms with Crippen molar-refractivity contribution >= 4 is 35.4 Å². The number of aromatic amines is 1. The standard InChI is InChI=1S/C15H11Cl2N5O2/c1-8-14(23)19-15(22-20-8)21-18-7-10-3-5-13(24-10)9-2-4-11(16)12(17)6-9/h2-7H,1H3,(H2,19,21,22,23)/b18-7-. The van der Waals surface area contributed by atoms with Gasteiger partial charge in [0.2, 0.25) is 5.95 Å². The van der Waals surface area contributed by atoms with Crippen molar-refractivity contribution in [3.8, 4) is 11.3 Å². The van der Waals surface area contributed by atoms with Gasteiger partial charge in [0.1, 0.15) is 17.2 Å². The van der Waals surface area contributed by atoms with Crippen molar-refractivity contribution in [3.63, 3.8) is 0 Å². The van der Waals surface area contributed by atoms with Crippen molar-refractivity contribution in [2.75, 3.05) is 5.43 Å². The summed E-state index contributed by atoms with van der Waals surface area (Å²) in [5.74, 6) is 1.27. The molecule has 2 N–H and O–H groups in total. The fraction of sp³-hybridized carbons (Fsp3) is 0.0667. The molecule has 0 aliphatic carbocycles. The van der Waals surface area contributed by atoms with Crippen LogP contribution in [-0.2, 0) is 0 Å². The van der Waals surface area contributed by atoms with Crippen LogP contribution < -0.4 is 11.0 Å². The maximum atomic E-state index is 11.4. The predicted octanol–water partition coefficient (Wildman–Crippen LogP) is 3.49. The minimum atomic E-state index is -0.331. The summed E-state index contributed by atoms with van der Waals surface area (Å²) in [6.45, 7) is 1.56. The van der Waals surface area contributed by atoms with Crippen LogP contribution in [0.5, 0.6) is 0 Å². The van der Waals surface area contributed by atoms with E-state index in [4.69, 9.17) is 27.6 Å². The molecule has 0 atom stereocenters. The third-order valence-electron chi connectivity index (χ3n) is 3.05. The van der Waals surface area contributed by atoms with Gasteiger partial charge in [-0.05, 0) is 37.3 Å². The lowest BCUT2D eigenvalue weighted by Crippen LogP contribution is -2.15. The van der Waals surface area contributed by atoms with Gasteiger partial charge in [-0.1, -0.05) is 23.2 Å². The van der Waals surface area contributed by atoms with Crippen molar-refractivity contribution in [2.45, 2.75) is 6.92 Å². The SMILES string of the molecule is Cc1nnc(N/N=C\c2ccc(-c3ccc(Cl)c(Cl)c3)o2)[nH]c1=O. The second-order valence-electron chi connectivity index (χ2n) is 4.79. The molecule has 0 bridgehead atoms. The molecule has 3 rings (SSSR count). The van der Waals surface area contributed by atoms with Crippen LogP contribution in [0.3, 0.4) is 0 Å². The van der Waals surface area contributed by atoms with Gasteiger partial charge in [-0.3, -0.25) is 9.78 Å². The van der Waals surface area contributed by atoms with E-state index >= 15 is 0 Å². The number of halogens is 2. The number of aromatic nitrogens is 3. The third-order valence-corrected chi connectivity index (χ3v) is 3.79. The Hall–Kier alpha value is -2.64. The van der Waals surface area contributed by atoms with Crippen LogP contribution in [0.4, 0.5) is 5.95 Å². The zero-order chi connectivity index (χ0) is 17.1. The molecule has 1 aromatic carbocycles. The number of hydrogen-bond donors (Lipinski definition) is 2. The van der Waals surface area contributed by atoms with Gasteiger partial charge >= 0.3 is 0 Å². The van der Waals surface area contributed by atoms with Crippen molar-refractivity contribution in [3.05, 3.63) is 62.2 Å². The molecule has 24 heavy (non-hydrogen) atoms. The number of nitrogens with zero attached hydrogens (tertiary/aromatic N) is 3. The monoisotopic (exact) mass is 363 g/mol. The second-order valence-corrected chi connectivity index (χ2v) is 5.60. The topological polar surface area (TPSA) is 96.2 Å². The van der Waals surface area contributed by atoms with Gasteiger partial charge in [0.25, 0.3) is 5.56 Å². The summed E-state index contributed by atoms with van der Waals surface area (Å²) in [7, 11) is 0. The minimum Gasteiger partial charge on any atom is -0.455 e. The molecule has 7 nitrogen and oxygen atoms in total. The molecule has 0 spiro atoms. The first-order valence-corrected chi connectivity index (χ1v) is 7.56. The summed E-state index contributed by atoms with van der Waals surface area (Å²) in [5.41, 5.74) is 3.31. The van der Waals surface area contributed by atoms with Gasteiger partial charge < -0.3 is 4.42 Å². The Bertz CT molecular complexity index is 964. The summed E-state index contributed by atoms with van der Waals surface area (Å²) < 4.78 is 5.65. The van der Waals surface area contributed by atoms with E-state index in [0.717, 1.165) is 5.56 Å². The van der Waals surface area contributed by atoms with E-state index in [1.807, 2.05) is 0 Å². The Labute approximate surface area is 146 Å². The predicted molar refractivity (Wildman–Crippen MR) is 92.8 cm³/mol. The molecule has 3 aromatic rings. The molecule has 0 saturated carbocycles. The van der Waals surface area contributed by atoms with Gasteiger partial charge in [0, 0.05) is 5.56 Å². The maximum absolute atomic E-state index is 11.4. The molecular weight excluding hydrogens is 353 g/mol. The zero-order valence-electron chi connectivity index (χ0n) is 12.4. The van der Waals surface area contributed by atoms with Crippen LogP contribution in [-0.4, -0.2) is 21.4 Å². The van der Waals surface area contributed by atoms with Crippen molar-refractivity contribution in [1.82, 2.24) is 15.2 Å². The molecule has 0 fully saturated rings. The number of benzene rings is 1. The number of anilines is 1. The largest absolute Gasteiger partial charge is 0.455 e. The van der Waals surface area contributed by atoms with E-state index < -0.39 is 0 Å². The van der Waals surface area contributed by atoms with Crippen molar-refractivity contribution in [1.29, 1.82) is 0 Å². The second kappa shape index (κ2) is 6.86. The Morgan fingerprint density at radius 2 is 2.04 bits per heavy atom. The van der Waals surface area contributed by atoms with E-state index in [2.05, 4.69) is 25.7 Å². The Balaban J connectivity index is 1.72. The molecular formula is C15H11Cl2N5O2. The average molecular weight is 364 g/mol. The molecule has 0 aliphatic heterocycles. The lowest BCUT2D eigenvalue weighted by molar-refractivity contribution is 0.575. The number of hydrazone groups is 1. The summed E-state index contributed by atoms with van der Waals surface area (Å²) >= 11 is 11.9.